The Hall–Kier alpha value is -1.75. The second-order valence-electron chi connectivity index (χ2n) is 4.46. The fourth-order valence-corrected chi connectivity index (χ4v) is 1.69. The van der Waals surface area contributed by atoms with Crippen LogP contribution in [-0.4, -0.2) is 44.7 Å². The second kappa shape index (κ2) is 6.99. The summed E-state index contributed by atoms with van der Waals surface area (Å²) in [6, 6.07) is 5.51. The summed E-state index contributed by atoms with van der Waals surface area (Å²) in [5.74, 6) is 1.31. The lowest BCUT2D eigenvalue weighted by atomic mass is 10.1. The molecule has 0 bridgehead atoms. The van der Waals surface area contributed by atoms with Crippen LogP contribution in [0, 0.1) is 0 Å². The van der Waals surface area contributed by atoms with Gasteiger partial charge in [-0.05, 0) is 24.6 Å². The third-order valence-electron chi connectivity index (χ3n) is 3.20. The number of methoxy groups -OCH3 is 2. The molecular formula is C14H22N2O3. The summed E-state index contributed by atoms with van der Waals surface area (Å²) < 4.78 is 10.4. The lowest BCUT2D eigenvalue weighted by molar-refractivity contribution is -0.130. The highest BCUT2D eigenvalue weighted by Crippen LogP contribution is 2.27. The highest BCUT2D eigenvalue weighted by atomic mass is 16.5. The van der Waals surface area contributed by atoms with Crippen LogP contribution >= 0.6 is 0 Å². The van der Waals surface area contributed by atoms with Gasteiger partial charge in [0.1, 0.15) is 0 Å². The van der Waals surface area contributed by atoms with Crippen LogP contribution in [0.3, 0.4) is 0 Å². The monoisotopic (exact) mass is 266 g/mol. The minimum absolute atomic E-state index is 0.0326. The molecule has 1 atom stereocenters. The highest BCUT2D eigenvalue weighted by molar-refractivity contribution is 5.79. The number of rotatable bonds is 6. The van der Waals surface area contributed by atoms with Crippen LogP contribution in [0.5, 0.6) is 11.5 Å². The molecule has 1 aromatic rings. The molecule has 5 nitrogen and oxygen atoms in total. The summed E-state index contributed by atoms with van der Waals surface area (Å²) >= 11 is 0. The van der Waals surface area contributed by atoms with E-state index in [1.54, 1.807) is 32.2 Å². The molecule has 19 heavy (non-hydrogen) atoms. The topological polar surface area (TPSA) is 64.8 Å². The molecule has 0 aliphatic heterocycles. The average Bonchev–Trinajstić information content (AvgIpc) is 2.45. The summed E-state index contributed by atoms with van der Waals surface area (Å²) in [7, 11) is 4.92. The van der Waals surface area contributed by atoms with Crippen molar-refractivity contribution in [2.24, 2.45) is 5.73 Å². The van der Waals surface area contributed by atoms with Crippen LogP contribution in [0.2, 0.25) is 0 Å². The molecule has 0 saturated carbocycles. The van der Waals surface area contributed by atoms with E-state index in [-0.39, 0.29) is 11.9 Å². The van der Waals surface area contributed by atoms with Gasteiger partial charge in [0.05, 0.1) is 20.6 Å². The van der Waals surface area contributed by atoms with Crippen LogP contribution in [0.4, 0.5) is 0 Å². The number of carbonyl (C=O) groups excluding carboxylic acids is 1. The first-order chi connectivity index (χ1) is 9.03. The summed E-state index contributed by atoms with van der Waals surface area (Å²) in [6.45, 7) is 2.38. The van der Waals surface area contributed by atoms with E-state index >= 15 is 0 Å². The smallest absolute Gasteiger partial charge is 0.227 e. The Morgan fingerprint density at radius 2 is 1.95 bits per heavy atom. The Bertz CT molecular complexity index is 435. The Balaban J connectivity index is 2.80. The number of nitrogens with zero attached hydrogens (tertiary/aromatic N) is 1. The Labute approximate surface area is 114 Å². The summed E-state index contributed by atoms with van der Waals surface area (Å²) in [5.41, 5.74) is 6.44. The van der Waals surface area contributed by atoms with Gasteiger partial charge < -0.3 is 20.1 Å². The van der Waals surface area contributed by atoms with Gasteiger partial charge in [0.25, 0.3) is 0 Å². The van der Waals surface area contributed by atoms with Crippen molar-refractivity contribution in [2.45, 2.75) is 19.4 Å². The van der Waals surface area contributed by atoms with Gasteiger partial charge in [0, 0.05) is 19.6 Å². The van der Waals surface area contributed by atoms with Crippen LogP contribution in [-0.2, 0) is 11.2 Å². The number of likely N-dealkylation sites (N-methyl/N-ethyl adjacent to an activating group) is 1. The molecule has 0 spiro atoms. The first-order valence-corrected chi connectivity index (χ1v) is 6.20. The number of nitrogens with two attached hydrogens (primary N) is 1. The second-order valence-corrected chi connectivity index (χ2v) is 4.46. The van der Waals surface area contributed by atoms with Crippen LogP contribution < -0.4 is 15.2 Å². The normalized spacial score (nSPS) is 11.8. The number of hydrogen-bond donors (Lipinski definition) is 1. The third-order valence-corrected chi connectivity index (χ3v) is 3.20. The van der Waals surface area contributed by atoms with Crippen LogP contribution in [0.15, 0.2) is 18.2 Å². The molecular weight excluding hydrogens is 244 g/mol. The van der Waals surface area contributed by atoms with Crippen molar-refractivity contribution in [1.29, 1.82) is 0 Å². The number of hydrogen-bond acceptors (Lipinski definition) is 4. The molecule has 1 unspecified atom stereocenters. The van der Waals surface area contributed by atoms with Crippen molar-refractivity contribution in [3.63, 3.8) is 0 Å². The third kappa shape index (κ3) is 3.86. The summed E-state index contributed by atoms with van der Waals surface area (Å²) in [6.07, 6.45) is 0.321. The lowest BCUT2D eigenvalue weighted by Gasteiger charge is -2.23. The summed E-state index contributed by atoms with van der Waals surface area (Å²) in [4.78, 5) is 13.7. The lowest BCUT2D eigenvalue weighted by Crippen LogP contribution is -2.40. The largest absolute Gasteiger partial charge is 0.493 e. The molecule has 0 saturated heterocycles. The van der Waals surface area contributed by atoms with Crippen molar-refractivity contribution in [1.82, 2.24) is 4.90 Å². The van der Waals surface area contributed by atoms with Crippen LogP contribution in [0.25, 0.3) is 0 Å². The van der Waals surface area contributed by atoms with Crippen molar-refractivity contribution in [3.8, 4) is 11.5 Å². The molecule has 1 amide bonds. The maximum atomic E-state index is 12.1. The molecule has 1 aromatic carbocycles. The molecule has 0 aliphatic carbocycles. The van der Waals surface area contributed by atoms with Gasteiger partial charge >= 0.3 is 0 Å². The fourth-order valence-electron chi connectivity index (χ4n) is 1.69. The number of carbonyl (C=O) groups is 1. The van der Waals surface area contributed by atoms with Gasteiger partial charge in [-0.25, -0.2) is 0 Å². The van der Waals surface area contributed by atoms with Crippen molar-refractivity contribution in [3.05, 3.63) is 23.8 Å². The number of ether oxygens (including phenoxy) is 2. The van der Waals surface area contributed by atoms with Crippen molar-refractivity contribution >= 4 is 5.91 Å². The molecule has 2 N–H and O–H groups in total. The highest BCUT2D eigenvalue weighted by Gasteiger charge is 2.15. The van der Waals surface area contributed by atoms with Gasteiger partial charge in [-0.15, -0.1) is 0 Å². The number of amides is 1. The van der Waals surface area contributed by atoms with Gasteiger partial charge in [0.2, 0.25) is 5.91 Å². The maximum Gasteiger partial charge on any atom is 0.227 e. The van der Waals surface area contributed by atoms with Gasteiger partial charge in [-0.2, -0.15) is 0 Å². The van der Waals surface area contributed by atoms with Gasteiger partial charge in [-0.1, -0.05) is 6.07 Å². The Morgan fingerprint density at radius 3 is 2.47 bits per heavy atom. The molecule has 0 aromatic heterocycles. The van der Waals surface area contributed by atoms with E-state index in [0.717, 1.165) is 5.56 Å². The Morgan fingerprint density at radius 1 is 1.32 bits per heavy atom. The fraction of sp³-hybridized carbons (Fsp3) is 0.500. The average molecular weight is 266 g/mol. The number of benzene rings is 1. The van der Waals surface area contributed by atoms with Gasteiger partial charge in [0.15, 0.2) is 11.5 Å². The predicted molar refractivity (Wildman–Crippen MR) is 74.5 cm³/mol. The van der Waals surface area contributed by atoms with E-state index in [4.69, 9.17) is 15.2 Å². The zero-order chi connectivity index (χ0) is 14.4. The van der Waals surface area contributed by atoms with E-state index in [2.05, 4.69) is 0 Å². The maximum absolute atomic E-state index is 12.1. The zero-order valence-corrected chi connectivity index (χ0v) is 12.0. The minimum Gasteiger partial charge on any atom is -0.493 e. The van der Waals surface area contributed by atoms with Crippen LogP contribution in [0.1, 0.15) is 12.5 Å². The predicted octanol–water partition coefficient (Wildman–Crippen LogP) is 1.05. The van der Waals surface area contributed by atoms with E-state index in [9.17, 15) is 4.79 Å². The van der Waals surface area contributed by atoms with Crippen molar-refractivity contribution < 1.29 is 14.3 Å². The molecule has 0 radical (unpaired) electrons. The standard InChI is InChI=1S/C14H22N2O3/c1-10(9-15)16(2)14(17)8-11-5-6-12(18-3)13(7-11)19-4/h5-7,10H,8-9,15H2,1-4H3. The SMILES string of the molecule is COc1ccc(CC(=O)N(C)C(C)CN)cc1OC. The van der Waals surface area contributed by atoms with Crippen molar-refractivity contribution in [2.75, 3.05) is 27.8 Å². The zero-order valence-electron chi connectivity index (χ0n) is 12.0. The molecule has 5 heteroatoms. The minimum atomic E-state index is 0.0326. The molecule has 1 rings (SSSR count). The van der Waals surface area contributed by atoms with E-state index in [0.29, 0.717) is 24.5 Å². The molecule has 0 aliphatic rings. The molecule has 0 fully saturated rings. The van der Waals surface area contributed by atoms with E-state index in [1.807, 2.05) is 19.1 Å². The molecule has 106 valence electrons. The van der Waals surface area contributed by atoms with Gasteiger partial charge in [-0.3, -0.25) is 4.79 Å². The van der Waals surface area contributed by atoms with E-state index in [1.165, 1.54) is 0 Å². The quantitative estimate of drug-likeness (QED) is 0.836. The molecule has 0 heterocycles. The Kier molecular flexibility index (Phi) is 5.63. The van der Waals surface area contributed by atoms with E-state index < -0.39 is 0 Å². The first kappa shape index (κ1) is 15.3. The first-order valence-electron chi connectivity index (χ1n) is 6.20. The summed E-state index contributed by atoms with van der Waals surface area (Å²) in [5, 5.41) is 0.